The lowest BCUT2D eigenvalue weighted by atomic mass is 10.1. The maximum atomic E-state index is 6.22. The third-order valence-electron chi connectivity index (χ3n) is 3.44. The van der Waals surface area contributed by atoms with Crippen molar-refractivity contribution in [3.8, 4) is 0 Å². The number of benzene rings is 2. The molecule has 0 spiro atoms. The van der Waals surface area contributed by atoms with Crippen molar-refractivity contribution in [3.05, 3.63) is 54.2 Å². The Kier molecular flexibility index (Phi) is 2.72. The van der Waals surface area contributed by atoms with Gasteiger partial charge in [0, 0.05) is 11.6 Å². The summed E-state index contributed by atoms with van der Waals surface area (Å²) in [5.41, 5.74) is 12.3. The van der Waals surface area contributed by atoms with Crippen LogP contribution >= 0.6 is 11.3 Å². The first-order chi connectivity index (χ1) is 10.3. The van der Waals surface area contributed by atoms with E-state index in [1.165, 1.54) is 0 Å². The largest absolute Gasteiger partial charge is 0.395 e. The minimum absolute atomic E-state index is 0.668. The van der Waals surface area contributed by atoms with Gasteiger partial charge in [0.15, 0.2) is 0 Å². The maximum absolute atomic E-state index is 6.22. The van der Waals surface area contributed by atoms with E-state index in [-0.39, 0.29) is 0 Å². The second kappa shape index (κ2) is 4.71. The summed E-state index contributed by atoms with van der Waals surface area (Å²) in [5.74, 6) is 0. The predicted molar refractivity (Wildman–Crippen MR) is 89.1 cm³/mol. The van der Waals surface area contributed by atoms with Crippen molar-refractivity contribution >= 4 is 49.5 Å². The van der Waals surface area contributed by atoms with Crippen LogP contribution in [0.15, 0.2) is 54.2 Å². The Bertz CT molecular complexity index is 940. The molecule has 21 heavy (non-hydrogen) atoms. The molecule has 0 aliphatic rings. The Morgan fingerprint density at radius 1 is 0.905 bits per heavy atom. The third-order valence-corrected chi connectivity index (χ3v) is 4.24. The van der Waals surface area contributed by atoms with Crippen LogP contribution in [0.1, 0.15) is 0 Å². The van der Waals surface area contributed by atoms with E-state index < -0.39 is 0 Å². The molecule has 4 rings (SSSR count). The van der Waals surface area contributed by atoms with Crippen LogP contribution in [0.5, 0.6) is 0 Å². The molecule has 2 heterocycles. The van der Waals surface area contributed by atoms with Gasteiger partial charge in [-0.05, 0) is 24.3 Å². The summed E-state index contributed by atoms with van der Waals surface area (Å²) in [4.78, 5) is 8.76. The van der Waals surface area contributed by atoms with E-state index in [1.54, 1.807) is 17.5 Å². The van der Waals surface area contributed by atoms with Gasteiger partial charge in [-0.25, -0.2) is 4.98 Å². The summed E-state index contributed by atoms with van der Waals surface area (Å²) in [6, 6.07) is 14.0. The van der Waals surface area contributed by atoms with E-state index in [9.17, 15) is 0 Å². The van der Waals surface area contributed by atoms with Crippen LogP contribution in [-0.4, -0.2) is 9.97 Å². The Morgan fingerprint density at radius 3 is 2.76 bits per heavy atom. The SMILES string of the molecule is Nc1c(Nc2cccc3cccnc23)ccc2scnc12. The van der Waals surface area contributed by atoms with Gasteiger partial charge in [0.1, 0.15) is 5.52 Å². The van der Waals surface area contributed by atoms with E-state index in [2.05, 4.69) is 15.3 Å². The molecular formula is C16H12N4S. The predicted octanol–water partition coefficient (Wildman–Crippen LogP) is 4.17. The fraction of sp³-hybridized carbons (Fsp3) is 0. The number of nitrogens with two attached hydrogens (primary N) is 1. The Morgan fingerprint density at radius 2 is 1.81 bits per heavy atom. The molecule has 4 nitrogen and oxygen atoms in total. The lowest BCUT2D eigenvalue weighted by Crippen LogP contribution is -1.98. The molecule has 0 saturated carbocycles. The van der Waals surface area contributed by atoms with Gasteiger partial charge < -0.3 is 11.1 Å². The van der Waals surface area contributed by atoms with Gasteiger partial charge in [0.2, 0.25) is 0 Å². The van der Waals surface area contributed by atoms with Gasteiger partial charge >= 0.3 is 0 Å². The van der Waals surface area contributed by atoms with E-state index >= 15 is 0 Å². The first kappa shape index (κ1) is 12.1. The normalized spacial score (nSPS) is 11.0. The molecule has 0 aliphatic carbocycles. The Balaban J connectivity index is 1.84. The molecule has 2 aromatic heterocycles. The number of pyridine rings is 1. The third kappa shape index (κ3) is 1.98. The van der Waals surface area contributed by atoms with Gasteiger partial charge in [-0.2, -0.15) is 0 Å². The molecule has 0 saturated heterocycles. The molecule has 0 atom stereocenters. The molecule has 102 valence electrons. The van der Waals surface area contributed by atoms with E-state index in [0.717, 1.165) is 32.5 Å². The van der Waals surface area contributed by atoms with Crippen LogP contribution in [0.25, 0.3) is 21.1 Å². The van der Waals surface area contributed by atoms with Gasteiger partial charge in [-0.3, -0.25) is 4.98 Å². The smallest absolute Gasteiger partial charge is 0.106 e. The average molecular weight is 292 g/mol. The van der Waals surface area contributed by atoms with E-state index in [1.807, 2.05) is 48.0 Å². The van der Waals surface area contributed by atoms with Crippen molar-refractivity contribution in [2.24, 2.45) is 0 Å². The number of aromatic nitrogens is 2. The zero-order valence-corrected chi connectivity index (χ0v) is 11.9. The highest BCUT2D eigenvalue weighted by Crippen LogP contribution is 2.33. The first-order valence-electron chi connectivity index (χ1n) is 6.55. The molecule has 0 fully saturated rings. The zero-order valence-electron chi connectivity index (χ0n) is 11.1. The molecule has 3 N–H and O–H groups in total. The van der Waals surface area contributed by atoms with Crippen molar-refractivity contribution in [3.63, 3.8) is 0 Å². The molecule has 0 radical (unpaired) electrons. The summed E-state index contributed by atoms with van der Waals surface area (Å²) in [5, 5.41) is 4.47. The number of nitrogen functional groups attached to an aromatic ring is 1. The molecule has 0 bridgehead atoms. The summed E-state index contributed by atoms with van der Waals surface area (Å²) in [6.07, 6.45) is 1.79. The summed E-state index contributed by atoms with van der Waals surface area (Å²) < 4.78 is 1.09. The first-order valence-corrected chi connectivity index (χ1v) is 7.43. The lowest BCUT2D eigenvalue weighted by Gasteiger charge is -2.11. The summed E-state index contributed by atoms with van der Waals surface area (Å²) in [6.45, 7) is 0. The summed E-state index contributed by atoms with van der Waals surface area (Å²) in [7, 11) is 0. The molecular weight excluding hydrogens is 280 g/mol. The van der Waals surface area contributed by atoms with Crippen molar-refractivity contribution < 1.29 is 0 Å². The Hall–Kier alpha value is -2.66. The molecule has 0 unspecified atom stereocenters. The number of thiazole rings is 1. The van der Waals surface area contributed by atoms with Crippen molar-refractivity contribution in [2.75, 3.05) is 11.1 Å². The second-order valence-corrected chi connectivity index (χ2v) is 5.62. The highest BCUT2D eigenvalue weighted by Gasteiger charge is 2.08. The maximum Gasteiger partial charge on any atom is 0.106 e. The topological polar surface area (TPSA) is 63.8 Å². The van der Waals surface area contributed by atoms with Gasteiger partial charge in [-0.1, -0.05) is 18.2 Å². The molecule has 5 heteroatoms. The highest BCUT2D eigenvalue weighted by atomic mass is 32.1. The fourth-order valence-corrected chi connectivity index (χ4v) is 3.10. The number of anilines is 3. The van der Waals surface area contributed by atoms with Gasteiger partial charge in [0.05, 0.1) is 32.8 Å². The number of rotatable bonds is 2. The fourth-order valence-electron chi connectivity index (χ4n) is 2.41. The minimum Gasteiger partial charge on any atom is -0.395 e. The number of nitrogens with one attached hydrogen (secondary N) is 1. The number of fused-ring (bicyclic) bond motifs is 2. The molecule has 2 aromatic carbocycles. The molecule has 4 aromatic rings. The number of hydrogen-bond acceptors (Lipinski definition) is 5. The van der Waals surface area contributed by atoms with Crippen LogP contribution in [0, 0.1) is 0 Å². The quantitative estimate of drug-likeness (QED) is 0.544. The second-order valence-electron chi connectivity index (χ2n) is 4.73. The van der Waals surface area contributed by atoms with Crippen molar-refractivity contribution in [2.45, 2.75) is 0 Å². The number of hydrogen-bond donors (Lipinski definition) is 2. The van der Waals surface area contributed by atoms with Crippen LogP contribution < -0.4 is 11.1 Å². The van der Waals surface area contributed by atoms with Crippen LogP contribution in [0.4, 0.5) is 17.1 Å². The monoisotopic (exact) mass is 292 g/mol. The Labute approximate surface area is 125 Å². The average Bonchev–Trinajstić information content (AvgIpc) is 3.00. The van der Waals surface area contributed by atoms with Crippen molar-refractivity contribution in [1.29, 1.82) is 0 Å². The highest BCUT2D eigenvalue weighted by molar-refractivity contribution is 7.16. The van der Waals surface area contributed by atoms with Crippen LogP contribution in [0.3, 0.4) is 0 Å². The van der Waals surface area contributed by atoms with Crippen LogP contribution in [0.2, 0.25) is 0 Å². The number of para-hydroxylation sites is 1. The molecule has 0 amide bonds. The number of nitrogens with zero attached hydrogens (tertiary/aromatic N) is 2. The standard InChI is InChI=1S/C16H12N4S/c17-14-11(6-7-13-16(14)19-9-21-13)20-12-5-1-3-10-4-2-8-18-15(10)12/h1-9,20H,17H2. The van der Waals surface area contributed by atoms with Crippen LogP contribution in [-0.2, 0) is 0 Å². The van der Waals surface area contributed by atoms with E-state index in [4.69, 9.17) is 5.73 Å². The lowest BCUT2D eigenvalue weighted by molar-refractivity contribution is 1.40. The van der Waals surface area contributed by atoms with Crippen molar-refractivity contribution in [1.82, 2.24) is 9.97 Å². The van der Waals surface area contributed by atoms with Gasteiger partial charge in [0.25, 0.3) is 0 Å². The zero-order chi connectivity index (χ0) is 14.2. The van der Waals surface area contributed by atoms with Gasteiger partial charge in [-0.15, -0.1) is 11.3 Å². The van der Waals surface area contributed by atoms with E-state index in [0.29, 0.717) is 5.69 Å². The molecule has 0 aliphatic heterocycles. The minimum atomic E-state index is 0.668. The summed E-state index contributed by atoms with van der Waals surface area (Å²) >= 11 is 1.59.